The average molecular weight is 324 g/mol. The summed E-state index contributed by atoms with van der Waals surface area (Å²) >= 11 is 1.31. The van der Waals surface area contributed by atoms with Crippen LogP contribution in [-0.4, -0.2) is 15.5 Å². The van der Waals surface area contributed by atoms with Gasteiger partial charge in [0.15, 0.2) is 0 Å². The number of pyridine rings is 1. The van der Waals surface area contributed by atoms with Gasteiger partial charge in [-0.1, -0.05) is 23.9 Å². The van der Waals surface area contributed by atoms with Gasteiger partial charge < -0.3 is 5.11 Å². The third-order valence-electron chi connectivity index (χ3n) is 3.82. The van der Waals surface area contributed by atoms with Gasteiger partial charge in [0, 0.05) is 23.1 Å². The van der Waals surface area contributed by atoms with Crippen LogP contribution in [0.25, 0.3) is 6.08 Å². The summed E-state index contributed by atoms with van der Waals surface area (Å²) in [6.45, 7) is 1.59. The fourth-order valence-corrected chi connectivity index (χ4v) is 3.51. The third kappa shape index (κ3) is 2.26. The Hall–Kier alpha value is -2.78. The maximum atomic E-state index is 12.4. The minimum Gasteiger partial charge on any atom is -0.494 e. The fourth-order valence-electron chi connectivity index (χ4n) is 2.48. The molecule has 2 aromatic rings. The van der Waals surface area contributed by atoms with Gasteiger partial charge in [0.2, 0.25) is 11.7 Å². The summed E-state index contributed by atoms with van der Waals surface area (Å²) in [6.07, 6.45) is 1.54. The molecule has 0 amide bonds. The number of ketones is 1. The van der Waals surface area contributed by atoms with E-state index in [1.807, 2.05) is 18.2 Å². The zero-order valence-corrected chi connectivity index (χ0v) is 13.3. The van der Waals surface area contributed by atoms with E-state index in [9.17, 15) is 14.7 Å². The van der Waals surface area contributed by atoms with E-state index in [1.54, 1.807) is 19.1 Å². The molecular formula is C17H12N2O3S. The highest BCUT2D eigenvalue weighted by Gasteiger charge is 2.26. The summed E-state index contributed by atoms with van der Waals surface area (Å²) in [4.78, 5) is 25.7. The van der Waals surface area contributed by atoms with Crippen LogP contribution in [0.2, 0.25) is 0 Å². The lowest BCUT2D eigenvalue weighted by Gasteiger charge is -2.10. The molecule has 0 aliphatic carbocycles. The summed E-state index contributed by atoms with van der Waals surface area (Å²) in [5.74, 6) is -0.389. The quantitative estimate of drug-likeness (QED) is 0.815. The molecule has 1 aromatic heterocycles. The van der Waals surface area contributed by atoms with Crippen molar-refractivity contribution in [1.29, 1.82) is 5.26 Å². The van der Waals surface area contributed by atoms with Crippen LogP contribution >= 0.6 is 11.8 Å². The molecule has 1 aliphatic heterocycles. The smallest absolute Gasteiger partial charge is 0.271 e. The number of thioether (sulfide) groups is 1. The van der Waals surface area contributed by atoms with Crippen molar-refractivity contribution in [1.82, 2.24) is 4.57 Å². The van der Waals surface area contributed by atoms with Crippen LogP contribution in [0.3, 0.4) is 0 Å². The van der Waals surface area contributed by atoms with Crippen LogP contribution in [0.4, 0.5) is 0 Å². The summed E-state index contributed by atoms with van der Waals surface area (Å²) < 4.78 is 1.01. The van der Waals surface area contributed by atoms with E-state index in [1.165, 1.54) is 24.9 Å². The molecule has 0 unspecified atom stereocenters. The van der Waals surface area contributed by atoms with Crippen LogP contribution in [0.5, 0.6) is 5.88 Å². The first-order valence-electron chi connectivity index (χ1n) is 6.81. The number of rotatable bonds is 1. The second-order valence-corrected chi connectivity index (χ2v) is 6.23. The zero-order valence-electron chi connectivity index (χ0n) is 12.5. The minimum absolute atomic E-state index is 0.0369. The summed E-state index contributed by atoms with van der Waals surface area (Å²) in [5.41, 5.74) is 0.701. The van der Waals surface area contributed by atoms with E-state index < -0.39 is 5.56 Å². The molecule has 5 nitrogen and oxygen atoms in total. The Bertz CT molecular complexity index is 981. The zero-order chi connectivity index (χ0) is 16.7. The molecular weight excluding hydrogens is 312 g/mol. The van der Waals surface area contributed by atoms with Gasteiger partial charge in [-0.3, -0.25) is 14.2 Å². The lowest BCUT2D eigenvalue weighted by Crippen LogP contribution is -2.22. The Kier molecular flexibility index (Phi) is 3.58. The summed E-state index contributed by atoms with van der Waals surface area (Å²) in [6, 6.07) is 9.11. The SMILES string of the molecule is Cc1c(/C=C2\Sc3ccccc3C2=O)c(O)n(C)c(=O)c1C#N. The predicted molar refractivity (Wildman–Crippen MR) is 87.4 cm³/mol. The van der Waals surface area contributed by atoms with Crippen molar-refractivity contribution in [2.24, 2.45) is 7.05 Å². The molecule has 0 bridgehead atoms. The molecule has 2 heterocycles. The molecule has 1 aromatic carbocycles. The number of hydrogen-bond donors (Lipinski definition) is 1. The van der Waals surface area contributed by atoms with Crippen LogP contribution < -0.4 is 5.56 Å². The highest BCUT2D eigenvalue weighted by molar-refractivity contribution is 8.04. The lowest BCUT2D eigenvalue weighted by molar-refractivity contribution is 0.104. The molecule has 0 spiro atoms. The van der Waals surface area contributed by atoms with E-state index >= 15 is 0 Å². The van der Waals surface area contributed by atoms with Crippen molar-refractivity contribution < 1.29 is 9.90 Å². The maximum Gasteiger partial charge on any atom is 0.271 e. The second kappa shape index (κ2) is 5.45. The van der Waals surface area contributed by atoms with Crippen LogP contribution in [0.15, 0.2) is 38.9 Å². The molecule has 1 aliphatic rings. The van der Waals surface area contributed by atoms with Gasteiger partial charge in [0.1, 0.15) is 11.6 Å². The van der Waals surface area contributed by atoms with Crippen molar-refractivity contribution in [2.45, 2.75) is 11.8 Å². The van der Waals surface area contributed by atoms with Gasteiger partial charge >= 0.3 is 0 Å². The summed E-state index contributed by atoms with van der Waals surface area (Å²) in [5, 5.41) is 19.4. The molecule has 0 saturated carbocycles. The van der Waals surface area contributed by atoms with Crippen molar-refractivity contribution in [2.75, 3.05) is 0 Å². The molecule has 0 radical (unpaired) electrons. The number of allylic oxidation sites excluding steroid dienone is 1. The number of nitrogens with zero attached hydrogens (tertiary/aromatic N) is 2. The van der Waals surface area contributed by atoms with Crippen molar-refractivity contribution in [3.8, 4) is 11.9 Å². The van der Waals surface area contributed by atoms with Gasteiger partial charge in [0.25, 0.3) is 5.56 Å². The Morgan fingerprint density at radius 1 is 1.30 bits per heavy atom. The van der Waals surface area contributed by atoms with Gasteiger partial charge in [-0.2, -0.15) is 5.26 Å². The van der Waals surface area contributed by atoms with Gasteiger partial charge in [0.05, 0.1) is 4.91 Å². The number of aromatic nitrogens is 1. The number of nitriles is 1. The first-order valence-corrected chi connectivity index (χ1v) is 7.63. The topological polar surface area (TPSA) is 83.1 Å². The van der Waals surface area contributed by atoms with Crippen LogP contribution in [0, 0.1) is 18.3 Å². The molecule has 23 heavy (non-hydrogen) atoms. The lowest BCUT2D eigenvalue weighted by atomic mass is 10.0. The monoisotopic (exact) mass is 324 g/mol. The molecule has 0 fully saturated rings. The van der Waals surface area contributed by atoms with Gasteiger partial charge in [-0.15, -0.1) is 0 Å². The number of benzene rings is 1. The van der Waals surface area contributed by atoms with Gasteiger partial charge in [-0.05, 0) is 30.7 Å². The maximum absolute atomic E-state index is 12.4. The standard InChI is InChI=1S/C17H12N2O3S/c1-9-11(16(21)19(2)17(22)12(9)8-18)7-14-15(20)10-5-3-4-6-13(10)23-14/h3-7,21H,1-2H3/b14-7-. The van der Waals surface area contributed by atoms with Gasteiger partial charge in [-0.25, -0.2) is 0 Å². The molecule has 0 atom stereocenters. The number of fused-ring (bicyclic) bond motifs is 1. The first kappa shape index (κ1) is 15.1. The number of hydrogen-bond acceptors (Lipinski definition) is 5. The number of carbonyl (C=O) groups excluding carboxylic acids is 1. The molecule has 114 valence electrons. The normalized spacial score (nSPS) is 14.8. The third-order valence-corrected chi connectivity index (χ3v) is 4.92. The summed E-state index contributed by atoms with van der Waals surface area (Å²) in [7, 11) is 1.39. The Balaban J connectivity index is 2.20. The molecule has 3 rings (SSSR count). The number of aromatic hydroxyl groups is 1. The number of Topliss-reactive ketones (excluding diaryl/α,β-unsaturated/α-hetero) is 1. The largest absolute Gasteiger partial charge is 0.494 e. The Labute approximate surface area is 136 Å². The second-order valence-electron chi connectivity index (χ2n) is 5.15. The predicted octanol–water partition coefficient (Wildman–Crippen LogP) is 2.60. The van der Waals surface area contributed by atoms with Crippen LogP contribution in [0.1, 0.15) is 27.0 Å². The molecule has 1 N–H and O–H groups in total. The van der Waals surface area contributed by atoms with E-state index in [2.05, 4.69) is 0 Å². The van der Waals surface area contributed by atoms with E-state index in [0.717, 1.165) is 9.46 Å². The molecule has 0 saturated heterocycles. The fraction of sp³-hybridized carbons (Fsp3) is 0.118. The van der Waals surface area contributed by atoms with Crippen molar-refractivity contribution in [3.63, 3.8) is 0 Å². The number of carbonyl (C=O) groups is 1. The molecule has 6 heteroatoms. The Morgan fingerprint density at radius 2 is 2.00 bits per heavy atom. The first-order chi connectivity index (χ1) is 11.0. The minimum atomic E-state index is -0.557. The van der Waals surface area contributed by atoms with Crippen molar-refractivity contribution in [3.05, 3.63) is 61.8 Å². The van der Waals surface area contributed by atoms with E-state index in [4.69, 9.17) is 5.26 Å². The average Bonchev–Trinajstić information content (AvgIpc) is 2.87. The highest BCUT2D eigenvalue weighted by Crippen LogP contribution is 2.41. The highest BCUT2D eigenvalue weighted by atomic mass is 32.2. The Morgan fingerprint density at radius 3 is 2.65 bits per heavy atom. The van der Waals surface area contributed by atoms with Crippen molar-refractivity contribution >= 4 is 23.6 Å². The van der Waals surface area contributed by atoms with E-state index in [0.29, 0.717) is 21.6 Å². The van der Waals surface area contributed by atoms with E-state index in [-0.39, 0.29) is 17.2 Å². The van der Waals surface area contributed by atoms with Crippen LogP contribution in [-0.2, 0) is 7.05 Å².